The molecule has 0 saturated heterocycles. The van der Waals surface area contributed by atoms with Crippen LogP contribution < -0.4 is 10.6 Å². The van der Waals surface area contributed by atoms with Gasteiger partial charge in [0.25, 0.3) is 5.91 Å². The van der Waals surface area contributed by atoms with Gasteiger partial charge in [-0.25, -0.2) is 4.68 Å². The Morgan fingerprint density at radius 1 is 1.18 bits per heavy atom. The Balaban J connectivity index is 1.52. The largest absolute Gasteiger partial charge is 0.326 e. The fraction of sp³-hybridized carbons (Fsp3) is 0.190. The van der Waals surface area contributed by atoms with Crippen molar-refractivity contribution in [2.45, 2.75) is 26.3 Å². The molecular weight excluding hydrogens is 376 g/mol. The van der Waals surface area contributed by atoms with Crippen LogP contribution in [-0.4, -0.2) is 21.6 Å². The number of fused-ring (bicyclic) bond motifs is 1. The number of aryl methyl sites for hydroxylation is 2. The number of hydrogen-bond acceptors (Lipinski definition) is 3. The lowest BCUT2D eigenvalue weighted by atomic mass is 10.1. The highest BCUT2D eigenvalue weighted by Crippen LogP contribution is 2.36. The van der Waals surface area contributed by atoms with Crippen LogP contribution in [0.25, 0.3) is 11.1 Å². The Kier molecular flexibility index (Phi) is 4.65. The molecule has 142 valence electrons. The summed E-state index contributed by atoms with van der Waals surface area (Å²) in [5.74, 6) is 0.115. The molecule has 1 aromatic heterocycles. The van der Waals surface area contributed by atoms with Gasteiger partial charge in [-0.3, -0.25) is 9.59 Å². The number of hydrogen-bond donors (Lipinski definition) is 2. The molecule has 2 N–H and O–H groups in total. The van der Waals surface area contributed by atoms with E-state index < -0.39 is 6.04 Å². The zero-order valence-corrected chi connectivity index (χ0v) is 16.2. The second kappa shape index (κ2) is 7.13. The third-order valence-corrected chi connectivity index (χ3v) is 5.21. The Morgan fingerprint density at radius 3 is 2.64 bits per heavy atom. The van der Waals surface area contributed by atoms with E-state index in [1.165, 1.54) is 0 Å². The van der Waals surface area contributed by atoms with Gasteiger partial charge in [0.05, 0.1) is 12.6 Å². The molecule has 0 fully saturated rings. The van der Waals surface area contributed by atoms with Crippen molar-refractivity contribution in [3.63, 3.8) is 0 Å². The van der Waals surface area contributed by atoms with Gasteiger partial charge in [-0.15, -0.1) is 0 Å². The highest BCUT2D eigenvalue weighted by Gasteiger charge is 2.35. The predicted molar refractivity (Wildman–Crippen MR) is 110 cm³/mol. The number of benzene rings is 2. The summed E-state index contributed by atoms with van der Waals surface area (Å²) in [6.45, 7) is 4.00. The van der Waals surface area contributed by atoms with E-state index in [2.05, 4.69) is 15.7 Å². The first kappa shape index (κ1) is 18.3. The molecule has 1 atom stereocenters. The highest BCUT2D eigenvalue weighted by molar-refractivity contribution is 6.30. The fourth-order valence-corrected chi connectivity index (χ4v) is 3.39. The van der Waals surface area contributed by atoms with Crippen molar-refractivity contribution in [3.05, 3.63) is 64.8 Å². The molecule has 1 unspecified atom stereocenters. The van der Waals surface area contributed by atoms with Crippen LogP contribution in [0.1, 0.15) is 23.6 Å². The van der Waals surface area contributed by atoms with Gasteiger partial charge in [0.2, 0.25) is 5.91 Å². The first-order valence-corrected chi connectivity index (χ1v) is 9.31. The second-order valence-electron chi connectivity index (χ2n) is 6.91. The molecule has 28 heavy (non-hydrogen) atoms. The Morgan fingerprint density at radius 2 is 1.93 bits per heavy atom. The lowest BCUT2D eigenvalue weighted by Gasteiger charge is -2.11. The molecule has 2 amide bonds. The molecular formula is C21H19ClN4O2. The van der Waals surface area contributed by atoms with E-state index in [0.29, 0.717) is 16.5 Å². The molecule has 1 aliphatic heterocycles. The number of halogens is 1. The van der Waals surface area contributed by atoms with Crippen LogP contribution in [0.2, 0.25) is 5.02 Å². The molecule has 3 aromatic rings. The third-order valence-electron chi connectivity index (χ3n) is 4.96. The third kappa shape index (κ3) is 3.39. The summed E-state index contributed by atoms with van der Waals surface area (Å²) in [5, 5.41) is 10.7. The Bertz CT molecular complexity index is 1070. The minimum Gasteiger partial charge on any atom is -0.326 e. The number of carbonyl (C=O) groups is 2. The van der Waals surface area contributed by atoms with Crippen molar-refractivity contribution in [2.24, 2.45) is 0 Å². The first-order chi connectivity index (χ1) is 13.4. The van der Waals surface area contributed by atoms with E-state index in [9.17, 15) is 9.59 Å². The van der Waals surface area contributed by atoms with Crippen molar-refractivity contribution in [1.82, 2.24) is 9.78 Å². The monoisotopic (exact) mass is 394 g/mol. The van der Waals surface area contributed by atoms with Crippen molar-refractivity contribution >= 4 is 34.9 Å². The van der Waals surface area contributed by atoms with Gasteiger partial charge >= 0.3 is 0 Å². The number of anilines is 2. The van der Waals surface area contributed by atoms with Gasteiger partial charge in [0.1, 0.15) is 11.9 Å². The summed E-state index contributed by atoms with van der Waals surface area (Å²) in [4.78, 5) is 24.9. The summed E-state index contributed by atoms with van der Waals surface area (Å²) in [6.07, 6.45) is 1.69. The molecule has 0 bridgehead atoms. The predicted octanol–water partition coefficient (Wildman–Crippen LogP) is 4.34. The van der Waals surface area contributed by atoms with Crippen molar-refractivity contribution in [1.29, 1.82) is 0 Å². The van der Waals surface area contributed by atoms with Crippen LogP contribution in [0.15, 0.2) is 48.7 Å². The molecule has 0 aliphatic carbocycles. The van der Waals surface area contributed by atoms with Crippen LogP contribution in [-0.2, 0) is 9.59 Å². The van der Waals surface area contributed by atoms with E-state index in [1.807, 2.05) is 44.2 Å². The number of amides is 2. The minimum atomic E-state index is -0.678. The molecule has 7 heteroatoms. The maximum Gasteiger partial charge on any atom is 0.251 e. The van der Waals surface area contributed by atoms with Gasteiger partial charge in [-0.05, 0) is 54.8 Å². The minimum absolute atomic E-state index is 0.00744. The molecule has 0 radical (unpaired) electrons. The summed E-state index contributed by atoms with van der Waals surface area (Å²) >= 11 is 5.94. The van der Waals surface area contributed by atoms with E-state index >= 15 is 0 Å². The van der Waals surface area contributed by atoms with Gasteiger partial charge in [-0.1, -0.05) is 29.8 Å². The van der Waals surface area contributed by atoms with Crippen molar-refractivity contribution in [3.8, 4) is 11.1 Å². The van der Waals surface area contributed by atoms with E-state index in [4.69, 9.17) is 11.6 Å². The summed E-state index contributed by atoms with van der Waals surface area (Å²) in [6, 6.07) is 12.4. The van der Waals surface area contributed by atoms with Gasteiger partial charge in [-0.2, -0.15) is 5.10 Å². The maximum atomic E-state index is 12.5. The Labute approximate surface area is 167 Å². The molecule has 2 heterocycles. The van der Waals surface area contributed by atoms with E-state index in [0.717, 1.165) is 22.3 Å². The van der Waals surface area contributed by atoms with Gasteiger partial charge in [0.15, 0.2) is 0 Å². The quantitative estimate of drug-likeness (QED) is 0.691. The lowest BCUT2D eigenvalue weighted by molar-refractivity contribution is -0.123. The van der Waals surface area contributed by atoms with Crippen molar-refractivity contribution < 1.29 is 9.59 Å². The average Bonchev–Trinajstić information content (AvgIpc) is 3.19. The summed E-state index contributed by atoms with van der Waals surface area (Å²) < 4.78 is 1.58. The SMILES string of the molecule is Cc1ccc(NC(=O)CC2C(=O)Nc3c(-c4ccc(Cl)cc4)cnn32)cc1C. The van der Waals surface area contributed by atoms with E-state index in [1.54, 1.807) is 23.0 Å². The smallest absolute Gasteiger partial charge is 0.251 e. The topological polar surface area (TPSA) is 76.0 Å². The summed E-state index contributed by atoms with van der Waals surface area (Å²) in [7, 11) is 0. The van der Waals surface area contributed by atoms with Crippen LogP contribution in [0.3, 0.4) is 0 Å². The summed E-state index contributed by atoms with van der Waals surface area (Å²) in [5.41, 5.74) is 4.66. The van der Waals surface area contributed by atoms with Crippen LogP contribution in [0, 0.1) is 13.8 Å². The molecule has 4 rings (SSSR count). The number of carbonyl (C=O) groups excluding carboxylic acids is 2. The molecule has 6 nitrogen and oxygen atoms in total. The fourth-order valence-electron chi connectivity index (χ4n) is 3.26. The number of nitrogens with zero attached hydrogens (tertiary/aromatic N) is 2. The zero-order chi connectivity index (χ0) is 19.8. The van der Waals surface area contributed by atoms with Crippen LogP contribution in [0.4, 0.5) is 11.5 Å². The molecule has 1 aliphatic rings. The van der Waals surface area contributed by atoms with Crippen LogP contribution >= 0.6 is 11.6 Å². The highest BCUT2D eigenvalue weighted by atomic mass is 35.5. The van der Waals surface area contributed by atoms with Gasteiger partial charge < -0.3 is 10.6 Å². The van der Waals surface area contributed by atoms with Crippen LogP contribution in [0.5, 0.6) is 0 Å². The molecule has 0 saturated carbocycles. The zero-order valence-electron chi connectivity index (χ0n) is 15.5. The lowest BCUT2D eigenvalue weighted by Crippen LogP contribution is -2.23. The Hall–Kier alpha value is -3.12. The molecule has 2 aromatic carbocycles. The number of nitrogens with one attached hydrogen (secondary N) is 2. The van der Waals surface area contributed by atoms with E-state index in [-0.39, 0.29) is 18.2 Å². The standard InChI is InChI=1S/C21H19ClN4O2/c1-12-3-8-16(9-13(12)2)24-19(27)10-18-21(28)25-20-17(11-23-26(18)20)14-4-6-15(22)7-5-14/h3-9,11,18H,10H2,1-2H3,(H,24,27)(H,25,28). The normalized spacial score (nSPS) is 15.2. The van der Waals surface area contributed by atoms with Crippen molar-refractivity contribution in [2.75, 3.05) is 10.6 Å². The van der Waals surface area contributed by atoms with Gasteiger partial charge in [0, 0.05) is 16.3 Å². The maximum absolute atomic E-state index is 12.5. The second-order valence-corrected chi connectivity index (χ2v) is 7.35. The molecule has 0 spiro atoms. The average molecular weight is 395 g/mol. The number of aromatic nitrogens is 2. The number of rotatable bonds is 4. The first-order valence-electron chi connectivity index (χ1n) is 8.94.